The first kappa shape index (κ1) is 21.5. The fourth-order valence-electron chi connectivity index (χ4n) is 2.41. The van der Waals surface area contributed by atoms with Crippen LogP contribution in [0.2, 0.25) is 15.1 Å². The third kappa shape index (κ3) is 6.41. The van der Waals surface area contributed by atoms with Crippen molar-refractivity contribution < 1.29 is 9.59 Å². The lowest BCUT2D eigenvalue weighted by atomic mass is 10.2. The largest absolute Gasteiger partial charge is 0.325 e. The lowest BCUT2D eigenvalue weighted by Crippen LogP contribution is -2.14. The number of carbonyl (C=O) groups is 2. The molecule has 0 aliphatic carbocycles. The summed E-state index contributed by atoms with van der Waals surface area (Å²) in [6, 6.07) is 18.8. The number of amides is 2. The molecule has 0 atom stereocenters. The third-order valence-electron chi connectivity index (χ3n) is 3.77. The summed E-state index contributed by atoms with van der Waals surface area (Å²) in [4.78, 5) is 25.4. The number of hydrogen-bond donors (Lipinski definition) is 2. The molecule has 0 aromatic heterocycles. The molecule has 0 aliphatic rings. The summed E-state index contributed by atoms with van der Waals surface area (Å²) in [5.41, 5.74) is 1.61. The molecular formula is C21H15Cl3N2O2S. The Morgan fingerprint density at radius 2 is 1.52 bits per heavy atom. The first-order chi connectivity index (χ1) is 13.9. The van der Waals surface area contributed by atoms with Gasteiger partial charge in [0.2, 0.25) is 5.91 Å². The Morgan fingerprint density at radius 3 is 2.24 bits per heavy atom. The van der Waals surface area contributed by atoms with Gasteiger partial charge in [-0.15, -0.1) is 11.8 Å². The highest BCUT2D eigenvalue weighted by atomic mass is 35.5. The average Bonchev–Trinajstić information content (AvgIpc) is 2.68. The van der Waals surface area contributed by atoms with E-state index in [0.29, 0.717) is 27.0 Å². The second kappa shape index (κ2) is 10.0. The van der Waals surface area contributed by atoms with Gasteiger partial charge in [-0.3, -0.25) is 9.59 Å². The van der Waals surface area contributed by atoms with Crippen LogP contribution >= 0.6 is 46.6 Å². The van der Waals surface area contributed by atoms with E-state index in [2.05, 4.69) is 10.6 Å². The summed E-state index contributed by atoms with van der Waals surface area (Å²) in [7, 11) is 0. The maximum Gasteiger partial charge on any atom is 0.257 e. The molecule has 0 saturated carbocycles. The molecule has 3 aromatic rings. The number of carbonyl (C=O) groups excluding carboxylic acids is 2. The first-order valence-corrected chi connectivity index (χ1v) is 10.6. The van der Waals surface area contributed by atoms with Crippen LogP contribution in [-0.2, 0) is 4.79 Å². The predicted octanol–water partition coefficient (Wildman–Crippen LogP) is 6.63. The standard InChI is InChI=1S/C21H15Cl3N2O2S/c22-13-4-7-15(8-5-13)25-20(27)12-29-17-3-1-2-16(11-17)26-21(28)18-9-6-14(23)10-19(18)24/h1-11H,12H2,(H,25,27)(H,26,28). The number of anilines is 2. The fourth-order valence-corrected chi connectivity index (χ4v) is 3.79. The lowest BCUT2D eigenvalue weighted by molar-refractivity contribution is -0.113. The molecule has 2 amide bonds. The molecule has 0 bridgehead atoms. The van der Waals surface area contributed by atoms with Gasteiger partial charge in [-0.05, 0) is 60.7 Å². The van der Waals surface area contributed by atoms with E-state index in [1.54, 1.807) is 54.6 Å². The normalized spacial score (nSPS) is 10.4. The summed E-state index contributed by atoms with van der Waals surface area (Å²) in [6.45, 7) is 0. The van der Waals surface area contributed by atoms with Crippen LogP contribution in [0.5, 0.6) is 0 Å². The van der Waals surface area contributed by atoms with Gasteiger partial charge in [0.15, 0.2) is 0 Å². The molecule has 2 N–H and O–H groups in total. The quantitative estimate of drug-likeness (QED) is 0.402. The maximum atomic E-state index is 12.4. The van der Waals surface area contributed by atoms with E-state index in [1.165, 1.54) is 17.8 Å². The number of rotatable bonds is 6. The van der Waals surface area contributed by atoms with Gasteiger partial charge in [-0.1, -0.05) is 40.9 Å². The highest BCUT2D eigenvalue weighted by Crippen LogP contribution is 2.25. The van der Waals surface area contributed by atoms with Crippen molar-refractivity contribution in [3.05, 3.63) is 87.4 Å². The third-order valence-corrected chi connectivity index (χ3v) is 5.56. The molecule has 29 heavy (non-hydrogen) atoms. The molecule has 8 heteroatoms. The van der Waals surface area contributed by atoms with Gasteiger partial charge in [0.1, 0.15) is 0 Å². The molecule has 148 valence electrons. The van der Waals surface area contributed by atoms with Gasteiger partial charge >= 0.3 is 0 Å². The van der Waals surface area contributed by atoms with E-state index in [0.717, 1.165) is 4.90 Å². The summed E-state index contributed by atoms with van der Waals surface area (Å²) in [5, 5.41) is 6.95. The summed E-state index contributed by atoms with van der Waals surface area (Å²) in [5.74, 6) is -0.253. The van der Waals surface area contributed by atoms with Crippen molar-refractivity contribution in [1.29, 1.82) is 0 Å². The molecule has 0 radical (unpaired) electrons. The highest BCUT2D eigenvalue weighted by molar-refractivity contribution is 8.00. The smallest absolute Gasteiger partial charge is 0.257 e. The van der Waals surface area contributed by atoms with Crippen LogP contribution in [0.4, 0.5) is 11.4 Å². The molecule has 0 saturated heterocycles. The van der Waals surface area contributed by atoms with Crippen molar-refractivity contribution in [2.45, 2.75) is 4.90 Å². The minimum Gasteiger partial charge on any atom is -0.325 e. The van der Waals surface area contributed by atoms with Gasteiger partial charge in [-0.25, -0.2) is 0 Å². The average molecular weight is 466 g/mol. The van der Waals surface area contributed by atoms with Gasteiger partial charge in [0.25, 0.3) is 5.91 Å². The number of thioether (sulfide) groups is 1. The highest BCUT2D eigenvalue weighted by Gasteiger charge is 2.11. The Labute approximate surface area is 187 Å². The van der Waals surface area contributed by atoms with E-state index in [9.17, 15) is 9.59 Å². The van der Waals surface area contributed by atoms with Gasteiger partial charge < -0.3 is 10.6 Å². The Kier molecular flexibility index (Phi) is 7.45. The second-order valence-electron chi connectivity index (χ2n) is 5.95. The van der Waals surface area contributed by atoms with Crippen LogP contribution in [0.15, 0.2) is 71.6 Å². The molecule has 0 aliphatic heterocycles. The van der Waals surface area contributed by atoms with E-state index >= 15 is 0 Å². The molecule has 0 unspecified atom stereocenters. The van der Waals surface area contributed by atoms with Crippen molar-refractivity contribution >= 4 is 69.8 Å². The Balaban J connectivity index is 1.58. The predicted molar refractivity (Wildman–Crippen MR) is 122 cm³/mol. The Morgan fingerprint density at radius 1 is 0.793 bits per heavy atom. The van der Waals surface area contributed by atoms with E-state index in [4.69, 9.17) is 34.8 Å². The van der Waals surface area contributed by atoms with Crippen molar-refractivity contribution in [1.82, 2.24) is 0 Å². The molecule has 4 nitrogen and oxygen atoms in total. The van der Waals surface area contributed by atoms with E-state index < -0.39 is 0 Å². The maximum absolute atomic E-state index is 12.4. The van der Waals surface area contributed by atoms with Crippen LogP contribution in [-0.4, -0.2) is 17.6 Å². The molecule has 0 heterocycles. The molecule has 0 spiro atoms. The van der Waals surface area contributed by atoms with Crippen LogP contribution in [0, 0.1) is 0 Å². The van der Waals surface area contributed by atoms with Crippen molar-refractivity contribution in [2.75, 3.05) is 16.4 Å². The lowest BCUT2D eigenvalue weighted by Gasteiger charge is -2.09. The molecule has 3 aromatic carbocycles. The zero-order chi connectivity index (χ0) is 20.8. The topological polar surface area (TPSA) is 58.2 Å². The molecule has 3 rings (SSSR count). The van der Waals surface area contributed by atoms with Gasteiger partial charge in [0.05, 0.1) is 16.3 Å². The zero-order valence-corrected chi connectivity index (χ0v) is 18.0. The monoisotopic (exact) mass is 464 g/mol. The van der Waals surface area contributed by atoms with Gasteiger partial charge in [-0.2, -0.15) is 0 Å². The van der Waals surface area contributed by atoms with Crippen molar-refractivity contribution in [3.63, 3.8) is 0 Å². The number of benzene rings is 3. The van der Waals surface area contributed by atoms with Crippen molar-refractivity contribution in [2.24, 2.45) is 0 Å². The van der Waals surface area contributed by atoms with Crippen LogP contribution in [0.1, 0.15) is 10.4 Å². The number of hydrogen-bond acceptors (Lipinski definition) is 3. The molecule has 0 fully saturated rings. The first-order valence-electron chi connectivity index (χ1n) is 8.45. The Hall–Kier alpha value is -2.18. The van der Waals surface area contributed by atoms with Crippen LogP contribution in [0.3, 0.4) is 0 Å². The minimum absolute atomic E-state index is 0.139. The van der Waals surface area contributed by atoms with Crippen LogP contribution < -0.4 is 10.6 Å². The van der Waals surface area contributed by atoms with E-state index in [-0.39, 0.29) is 22.6 Å². The summed E-state index contributed by atoms with van der Waals surface area (Å²) >= 11 is 19.1. The minimum atomic E-state index is -0.339. The summed E-state index contributed by atoms with van der Waals surface area (Å²) < 4.78 is 0. The summed E-state index contributed by atoms with van der Waals surface area (Å²) in [6.07, 6.45) is 0. The molecular weight excluding hydrogens is 451 g/mol. The fraction of sp³-hybridized carbons (Fsp3) is 0.0476. The number of nitrogens with one attached hydrogen (secondary N) is 2. The zero-order valence-electron chi connectivity index (χ0n) is 14.9. The second-order valence-corrected chi connectivity index (χ2v) is 8.28. The van der Waals surface area contributed by atoms with E-state index in [1.807, 2.05) is 6.07 Å². The Bertz CT molecular complexity index is 1040. The van der Waals surface area contributed by atoms with Crippen LogP contribution in [0.25, 0.3) is 0 Å². The van der Waals surface area contributed by atoms with Crippen molar-refractivity contribution in [3.8, 4) is 0 Å². The van der Waals surface area contributed by atoms with Gasteiger partial charge in [0, 0.05) is 26.3 Å². The number of halogens is 3. The SMILES string of the molecule is O=C(CSc1cccc(NC(=O)c2ccc(Cl)cc2Cl)c1)Nc1ccc(Cl)cc1.